The SMILES string of the molecule is CCCn1c(COC(=O)c2ccc(SC(C)(C)C(=O)OC(C)(C)C)cc2)nn(Cc2ccc(SC(F)(F)F)cc2)c1=O. The van der Waals surface area contributed by atoms with E-state index >= 15 is 0 Å². The fraction of sp³-hybridized carbons (Fsp3) is 0.448. The summed E-state index contributed by atoms with van der Waals surface area (Å²) in [4.78, 5) is 39.1. The molecule has 8 nitrogen and oxygen atoms in total. The number of esters is 2. The molecule has 0 radical (unpaired) electrons. The fourth-order valence-electron chi connectivity index (χ4n) is 3.72. The van der Waals surface area contributed by atoms with Crippen molar-refractivity contribution in [1.82, 2.24) is 14.3 Å². The highest BCUT2D eigenvalue weighted by Gasteiger charge is 2.34. The molecule has 0 spiro atoms. The fourth-order valence-corrected chi connectivity index (χ4v) is 5.25. The van der Waals surface area contributed by atoms with Gasteiger partial charge < -0.3 is 9.47 Å². The second-order valence-electron chi connectivity index (χ2n) is 10.9. The number of carbonyl (C=O) groups is 2. The lowest BCUT2D eigenvalue weighted by atomic mass is 10.1. The molecule has 0 saturated heterocycles. The Morgan fingerprint density at radius 1 is 0.905 bits per heavy atom. The number of rotatable bonds is 11. The maximum Gasteiger partial charge on any atom is 0.446 e. The topological polar surface area (TPSA) is 92.4 Å². The van der Waals surface area contributed by atoms with E-state index in [9.17, 15) is 27.6 Å². The van der Waals surface area contributed by atoms with Crippen LogP contribution in [0.2, 0.25) is 0 Å². The third-order valence-electron chi connectivity index (χ3n) is 5.62. The number of aromatic nitrogens is 3. The number of hydrogen-bond acceptors (Lipinski definition) is 8. The molecule has 0 aliphatic heterocycles. The first-order valence-corrected chi connectivity index (χ1v) is 14.8. The van der Waals surface area contributed by atoms with Crippen molar-refractivity contribution >= 4 is 35.5 Å². The molecule has 228 valence electrons. The Labute approximate surface area is 251 Å². The van der Waals surface area contributed by atoms with Crippen LogP contribution in [0.1, 0.15) is 69.7 Å². The van der Waals surface area contributed by atoms with E-state index in [1.165, 1.54) is 45.3 Å². The number of thioether (sulfide) groups is 2. The molecule has 13 heteroatoms. The lowest BCUT2D eigenvalue weighted by molar-refractivity contribution is -0.156. The third-order valence-corrected chi connectivity index (χ3v) is 7.55. The normalized spacial score (nSPS) is 12.3. The number of hydrogen-bond donors (Lipinski definition) is 0. The van der Waals surface area contributed by atoms with Crippen LogP contribution in [0, 0.1) is 0 Å². The summed E-state index contributed by atoms with van der Waals surface area (Å²) in [5, 5.41) is 4.32. The van der Waals surface area contributed by atoms with Crippen molar-refractivity contribution in [2.24, 2.45) is 0 Å². The minimum atomic E-state index is -4.39. The van der Waals surface area contributed by atoms with E-state index in [-0.39, 0.29) is 47.2 Å². The summed E-state index contributed by atoms with van der Waals surface area (Å²) in [5.74, 6) is -0.704. The first-order chi connectivity index (χ1) is 19.5. The van der Waals surface area contributed by atoms with Crippen molar-refractivity contribution in [2.45, 2.75) is 93.3 Å². The Morgan fingerprint density at radius 3 is 2.02 bits per heavy atom. The van der Waals surface area contributed by atoms with Crippen LogP contribution in [-0.2, 0) is 34.0 Å². The summed E-state index contributed by atoms with van der Waals surface area (Å²) in [6, 6.07) is 12.3. The van der Waals surface area contributed by atoms with Gasteiger partial charge in [-0.15, -0.1) is 11.8 Å². The highest BCUT2D eigenvalue weighted by atomic mass is 32.2. The van der Waals surface area contributed by atoms with Gasteiger partial charge in [-0.3, -0.25) is 9.36 Å². The van der Waals surface area contributed by atoms with Gasteiger partial charge in [0, 0.05) is 16.3 Å². The molecule has 0 aliphatic carbocycles. The van der Waals surface area contributed by atoms with Gasteiger partial charge in [-0.1, -0.05) is 19.1 Å². The smallest absolute Gasteiger partial charge is 0.446 e. The molecule has 1 aromatic heterocycles. The molecule has 1 heterocycles. The van der Waals surface area contributed by atoms with E-state index in [0.29, 0.717) is 18.5 Å². The third kappa shape index (κ3) is 9.69. The Balaban J connectivity index is 1.66. The van der Waals surface area contributed by atoms with Crippen molar-refractivity contribution in [2.75, 3.05) is 0 Å². The van der Waals surface area contributed by atoms with E-state index in [1.807, 2.05) is 6.92 Å². The van der Waals surface area contributed by atoms with Crippen LogP contribution in [0.15, 0.2) is 63.1 Å². The summed E-state index contributed by atoms with van der Waals surface area (Å²) in [6.07, 6.45) is 0.634. The standard InChI is InChI=1S/C29H34F3N3O5S2/c1-7-16-34-23(33-35(26(34)38)17-19-8-12-22(13-9-19)42-29(30,31)32)18-39-24(36)20-10-14-21(15-11-20)41-28(5,6)25(37)40-27(2,3)4/h8-15H,7,16-18H2,1-6H3. The molecular formula is C29H34F3N3O5S2. The van der Waals surface area contributed by atoms with E-state index in [0.717, 1.165) is 4.90 Å². The van der Waals surface area contributed by atoms with Gasteiger partial charge in [0.05, 0.1) is 12.1 Å². The molecule has 0 N–H and O–H groups in total. The lowest BCUT2D eigenvalue weighted by Gasteiger charge is -2.28. The van der Waals surface area contributed by atoms with Crippen LogP contribution in [0.25, 0.3) is 0 Å². The summed E-state index contributed by atoms with van der Waals surface area (Å²) in [6.45, 7) is 11.0. The summed E-state index contributed by atoms with van der Waals surface area (Å²) in [5.41, 5.74) is -4.52. The maximum absolute atomic E-state index is 13.0. The van der Waals surface area contributed by atoms with Crippen LogP contribution in [0.5, 0.6) is 0 Å². The van der Waals surface area contributed by atoms with Crippen LogP contribution in [0.3, 0.4) is 0 Å². The molecule has 2 aromatic carbocycles. The quantitative estimate of drug-likeness (QED) is 0.172. The van der Waals surface area contributed by atoms with Crippen molar-refractivity contribution in [3.05, 3.63) is 76.0 Å². The molecule has 0 unspecified atom stereocenters. The van der Waals surface area contributed by atoms with Crippen LogP contribution < -0.4 is 5.69 Å². The zero-order chi connectivity index (χ0) is 31.3. The molecule has 0 atom stereocenters. The Hall–Kier alpha value is -3.19. The number of carbonyl (C=O) groups excluding carboxylic acids is 2. The van der Waals surface area contributed by atoms with Gasteiger partial charge in [0.2, 0.25) is 0 Å². The average molecular weight is 626 g/mol. The first-order valence-electron chi connectivity index (χ1n) is 13.2. The van der Waals surface area contributed by atoms with Gasteiger partial charge >= 0.3 is 23.1 Å². The highest BCUT2D eigenvalue weighted by molar-refractivity contribution is 8.01. The van der Waals surface area contributed by atoms with Gasteiger partial charge in [-0.2, -0.15) is 18.3 Å². The number of nitrogens with zero attached hydrogens (tertiary/aromatic N) is 3. The maximum atomic E-state index is 13.0. The summed E-state index contributed by atoms with van der Waals surface area (Å²) in [7, 11) is 0. The minimum absolute atomic E-state index is 0.0427. The minimum Gasteiger partial charge on any atom is -0.459 e. The monoisotopic (exact) mass is 625 g/mol. The number of halogens is 3. The average Bonchev–Trinajstić information content (AvgIpc) is 3.16. The first kappa shape index (κ1) is 33.3. The second-order valence-corrected chi connectivity index (χ2v) is 13.7. The Morgan fingerprint density at radius 2 is 1.48 bits per heavy atom. The van der Waals surface area contributed by atoms with E-state index in [2.05, 4.69) is 5.10 Å². The largest absolute Gasteiger partial charge is 0.459 e. The number of ether oxygens (including phenoxy) is 2. The second kappa shape index (κ2) is 13.4. The lowest BCUT2D eigenvalue weighted by Crippen LogP contribution is -2.36. The zero-order valence-electron chi connectivity index (χ0n) is 24.3. The van der Waals surface area contributed by atoms with Crippen LogP contribution in [0.4, 0.5) is 13.2 Å². The molecule has 3 aromatic rings. The molecule has 0 bridgehead atoms. The Bertz CT molecular complexity index is 1440. The zero-order valence-corrected chi connectivity index (χ0v) is 25.9. The van der Waals surface area contributed by atoms with Crippen molar-refractivity contribution in [3.8, 4) is 0 Å². The van der Waals surface area contributed by atoms with Crippen LogP contribution in [-0.4, -0.2) is 42.1 Å². The van der Waals surface area contributed by atoms with Gasteiger partial charge in [0.15, 0.2) is 12.4 Å². The van der Waals surface area contributed by atoms with Gasteiger partial charge in [-0.25, -0.2) is 14.3 Å². The Kier molecular flexibility index (Phi) is 10.6. The predicted molar refractivity (Wildman–Crippen MR) is 156 cm³/mol. The number of alkyl halides is 3. The summed E-state index contributed by atoms with van der Waals surface area (Å²) >= 11 is 1.10. The van der Waals surface area contributed by atoms with Crippen LogP contribution >= 0.6 is 23.5 Å². The number of benzene rings is 2. The molecule has 0 fully saturated rings. The van der Waals surface area contributed by atoms with Gasteiger partial charge in [0.1, 0.15) is 10.3 Å². The van der Waals surface area contributed by atoms with Crippen molar-refractivity contribution in [1.29, 1.82) is 0 Å². The van der Waals surface area contributed by atoms with Crippen molar-refractivity contribution < 1.29 is 32.2 Å². The molecule has 0 aliphatic rings. The summed E-state index contributed by atoms with van der Waals surface area (Å²) < 4.78 is 50.5. The molecule has 3 rings (SSSR count). The highest BCUT2D eigenvalue weighted by Crippen LogP contribution is 2.37. The van der Waals surface area contributed by atoms with E-state index in [4.69, 9.17) is 9.47 Å². The van der Waals surface area contributed by atoms with E-state index < -0.39 is 27.5 Å². The van der Waals surface area contributed by atoms with Gasteiger partial charge in [-0.05, 0) is 94.8 Å². The van der Waals surface area contributed by atoms with Gasteiger partial charge in [0.25, 0.3) is 0 Å². The molecule has 0 amide bonds. The molecule has 0 saturated carbocycles. The van der Waals surface area contributed by atoms with E-state index in [1.54, 1.807) is 58.9 Å². The molecular weight excluding hydrogens is 591 g/mol. The molecule has 42 heavy (non-hydrogen) atoms. The van der Waals surface area contributed by atoms with Crippen molar-refractivity contribution in [3.63, 3.8) is 0 Å². The predicted octanol–water partition coefficient (Wildman–Crippen LogP) is 6.68.